The van der Waals surface area contributed by atoms with E-state index in [-0.39, 0.29) is 11.2 Å². The minimum Gasteiger partial charge on any atom is -0.487 e. The molecule has 2 heterocycles. The molecule has 104 valence electrons. The Morgan fingerprint density at radius 2 is 2.16 bits per heavy atom. The van der Waals surface area contributed by atoms with E-state index in [2.05, 4.69) is 29.8 Å². The molecule has 1 aromatic rings. The first-order chi connectivity index (χ1) is 8.89. The molecular weight excluding hydrogens is 308 g/mol. The lowest BCUT2D eigenvalue weighted by atomic mass is 9.77. The Balaban J connectivity index is 1.94. The van der Waals surface area contributed by atoms with Crippen molar-refractivity contribution in [2.45, 2.75) is 50.4 Å². The highest BCUT2D eigenvalue weighted by Crippen LogP contribution is 2.47. The maximum Gasteiger partial charge on any atom is 0.126 e. The van der Waals surface area contributed by atoms with Crippen LogP contribution in [0.4, 0.5) is 0 Å². The van der Waals surface area contributed by atoms with E-state index in [9.17, 15) is 5.11 Å². The first-order valence-electron chi connectivity index (χ1n) is 6.70. The van der Waals surface area contributed by atoms with Gasteiger partial charge in [-0.05, 0) is 32.0 Å². The number of halogens is 1. The van der Waals surface area contributed by atoms with Crippen LogP contribution >= 0.6 is 15.9 Å². The van der Waals surface area contributed by atoms with Gasteiger partial charge >= 0.3 is 0 Å². The van der Waals surface area contributed by atoms with E-state index in [1.165, 1.54) is 0 Å². The van der Waals surface area contributed by atoms with Crippen molar-refractivity contribution in [3.05, 3.63) is 28.2 Å². The Bertz CT molecular complexity index is 500. The third kappa shape index (κ3) is 2.54. The molecule has 2 atom stereocenters. The van der Waals surface area contributed by atoms with E-state index in [4.69, 9.17) is 9.47 Å². The second-order valence-corrected chi connectivity index (χ2v) is 7.14. The molecule has 0 radical (unpaired) electrons. The molecule has 2 aliphatic rings. The van der Waals surface area contributed by atoms with E-state index in [0.717, 1.165) is 28.6 Å². The number of aliphatic hydroxyl groups is 1. The molecular formula is C15H19BrO3. The Kier molecular flexibility index (Phi) is 3.15. The Morgan fingerprint density at radius 3 is 2.89 bits per heavy atom. The van der Waals surface area contributed by atoms with Gasteiger partial charge in [0.1, 0.15) is 11.4 Å². The first kappa shape index (κ1) is 13.4. The zero-order valence-corrected chi connectivity index (χ0v) is 12.9. The van der Waals surface area contributed by atoms with Crippen LogP contribution < -0.4 is 4.74 Å². The minimum absolute atomic E-state index is 0.190. The van der Waals surface area contributed by atoms with E-state index in [1.807, 2.05) is 18.2 Å². The monoisotopic (exact) mass is 326 g/mol. The third-order valence-electron chi connectivity index (χ3n) is 4.02. The predicted octanol–water partition coefficient (Wildman–Crippen LogP) is 3.59. The van der Waals surface area contributed by atoms with Gasteiger partial charge in [0.25, 0.3) is 0 Å². The number of aliphatic hydroxyl groups excluding tert-OH is 1. The van der Waals surface area contributed by atoms with Crippen molar-refractivity contribution in [3.8, 4) is 5.75 Å². The molecule has 3 nitrogen and oxygen atoms in total. The molecule has 0 amide bonds. The van der Waals surface area contributed by atoms with Gasteiger partial charge in [-0.2, -0.15) is 0 Å². The molecule has 1 aromatic carbocycles. The number of ether oxygens (including phenoxy) is 2. The minimum atomic E-state index is -0.463. The summed E-state index contributed by atoms with van der Waals surface area (Å²) in [6, 6.07) is 5.83. The van der Waals surface area contributed by atoms with Gasteiger partial charge in [0.15, 0.2) is 0 Å². The van der Waals surface area contributed by atoms with Crippen molar-refractivity contribution < 1.29 is 14.6 Å². The van der Waals surface area contributed by atoms with Crippen molar-refractivity contribution in [2.24, 2.45) is 0 Å². The largest absolute Gasteiger partial charge is 0.487 e. The number of hydrogen-bond donors (Lipinski definition) is 1. The van der Waals surface area contributed by atoms with E-state index in [0.29, 0.717) is 13.0 Å². The van der Waals surface area contributed by atoms with Crippen molar-refractivity contribution in [1.29, 1.82) is 0 Å². The quantitative estimate of drug-likeness (QED) is 0.791. The van der Waals surface area contributed by atoms with Crippen LogP contribution in [0.5, 0.6) is 5.75 Å². The normalized spacial score (nSPS) is 32.7. The van der Waals surface area contributed by atoms with Crippen molar-refractivity contribution in [2.75, 3.05) is 6.61 Å². The SMILES string of the molecule is CC1(C)CC2(CCO1)CC(O)c1cc(Br)ccc1O2. The zero-order chi connectivity index (χ0) is 13.7. The maximum atomic E-state index is 10.4. The lowest BCUT2D eigenvalue weighted by Gasteiger charge is -2.48. The Hall–Kier alpha value is -0.580. The van der Waals surface area contributed by atoms with Crippen molar-refractivity contribution in [3.63, 3.8) is 0 Å². The fraction of sp³-hybridized carbons (Fsp3) is 0.600. The highest BCUT2D eigenvalue weighted by atomic mass is 79.9. The number of hydrogen-bond acceptors (Lipinski definition) is 3. The van der Waals surface area contributed by atoms with E-state index < -0.39 is 6.10 Å². The Labute approximate surface area is 122 Å². The maximum absolute atomic E-state index is 10.4. The summed E-state index contributed by atoms with van der Waals surface area (Å²) in [5.41, 5.74) is 0.400. The summed E-state index contributed by atoms with van der Waals surface area (Å²) >= 11 is 3.44. The van der Waals surface area contributed by atoms with Gasteiger partial charge in [0, 0.05) is 29.3 Å². The summed E-state index contributed by atoms with van der Waals surface area (Å²) in [5.74, 6) is 0.805. The third-order valence-corrected chi connectivity index (χ3v) is 4.51. The molecule has 19 heavy (non-hydrogen) atoms. The molecule has 1 saturated heterocycles. The van der Waals surface area contributed by atoms with Crippen molar-refractivity contribution >= 4 is 15.9 Å². The second-order valence-electron chi connectivity index (χ2n) is 6.22. The summed E-state index contributed by atoms with van der Waals surface area (Å²) in [4.78, 5) is 0. The van der Waals surface area contributed by atoms with E-state index >= 15 is 0 Å². The molecule has 1 spiro atoms. The molecule has 4 heteroatoms. The predicted molar refractivity (Wildman–Crippen MR) is 76.3 cm³/mol. The summed E-state index contributed by atoms with van der Waals surface area (Å²) in [7, 11) is 0. The molecule has 2 unspecified atom stereocenters. The molecule has 0 saturated carbocycles. The van der Waals surface area contributed by atoms with Crippen LogP contribution in [-0.2, 0) is 4.74 Å². The molecule has 1 fully saturated rings. The van der Waals surface area contributed by atoms with Crippen LogP contribution in [0.15, 0.2) is 22.7 Å². The van der Waals surface area contributed by atoms with Crippen molar-refractivity contribution in [1.82, 2.24) is 0 Å². The summed E-state index contributed by atoms with van der Waals surface area (Å²) in [6.07, 6.45) is 1.83. The van der Waals surface area contributed by atoms with Gasteiger partial charge in [-0.1, -0.05) is 15.9 Å². The van der Waals surface area contributed by atoms with E-state index in [1.54, 1.807) is 0 Å². The van der Waals surface area contributed by atoms with Crippen LogP contribution in [-0.4, -0.2) is 22.9 Å². The fourth-order valence-corrected chi connectivity index (χ4v) is 3.68. The van der Waals surface area contributed by atoms with Gasteiger partial charge < -0.3 is 14.6 Å². The van der Waals surface area contributed by atoms with Crippen LogP contribution in [0.25, 0.3) is 0 Å². The highest BCUT2D eigenvalue weighted by molar-refractivity contribution is 9.10. The number of benzene rings is 1. The summed E-state index contributed by atoms with van der Waals surface area (Å²) in [5, 5.41) is 10.4. The molecule has 0 aliphatic carbocycles. The summed E-state index contributed by atoms with van der Waals surface area (Å²) < 4.78 is 13.0. The van der Waals surface area contributed by atoms with Gasteiger partial charge in [-0.15, -0.1) is 0 Å². The molecule has 3 rings (SSSR count). The highest BCUT2D eigenvalue weighted by Gasteiger charge is 2.47. The average Bonchev–Trinajstić information content (AvgIpc) is 2.29. The Morgan fingerprint density at radius 1 is 1.37 bits per heavy atom. The van der Waals surface area contributed by atoms with Crippen LogP contribution in [0, 0.1) is 0 Å². The molecule has 1 N–H and O–H groups in total. The lowest BCUT2D eigenvalue weighted by Crippen LogP contribution is -2.51. The number of fused-ring (bicyclic) bond motifs is 1. The molecule has 0 aromatic heterocycles. The average molecular weight is 327 g/mol. The topological polar surface area (TPSA) is 38.7 Å². The van der Waals surface area contributed by atoms with Crippen LogP contribution in [0.2, 0.25) is 0 Å². The first-order valence-corrected chi connectivity index (χ1v) is 7.49. The second kappa shape index (κ2) is 4.47. The van der Waals surface area contributed by atoms with Gasteiger partial charge in [-0.3, -0.25) is 0 Å². The van der Waals surface area contributed by atoms with Crippen LogP contribution in [0.1, 0.15) is 44.8 Å². The van der Waals surface area contributed by atoms with Gasteiger partial charge in [0.2, 0.25) is 0 Å². The lowest BCUT2D eigenvalue weighted by molar-refractivity contribution is -0.151. The smallest absolute Gasteiger partial charge is 0.126 e. The zero-order valence-electron chi connectivity index (χ0n) is 11.3. The molecule has 0 bridgehead atoms. The molecule has 2 aliphatic heterocycles. The van der Waals surface area contributed by atoms with Crippen LogP contribution in [0.3, 0.4) is 0 Å². The summed E-state index contributed by atoms with van der Waals surface area (Å²) in [6.45, 7) is 4.85. The fourth-order valence-electron chi connectivity index (χ4n) is 3.30. The number of rotatable bonds is 0. The standard InChI is InChI=1S/C15H19BrO3/c1-14(2)9-15(5-6-18-14)8-12(17)11-7-10(16)3-4-13(11)19-15/h3-4,7,12,17H,5-6,8-9H2,1-2H3. The van der Waals surface area contributed by atoms with Gasteiger partial charge in [-0.25, -0.2) is 0 Å². The van der Waals surface area contributed by atoms with Gasteiger partial charge in [0.05, 0.1) is 18.3 Å².